The summed E-state index contributed by atoms with van der Waals surface area (Å²) >= 11 is 0. The Bertz CT molecular complexity index is 389. The van der Waals surface area contributed by atoms with Crippen LogP contribution in [0.2, 0.25) is 0 Å². The number of nitrogens with one attached hydrogen (secondary N) is 1. The van der Waals surface area contributed by atoms with Gasteiger partial charge in [-0.1, -0.05) is 0 Å². The Kier molecular flexibility index (Phi) is 2.73. The quantitative estimate of drug-likeness (QED) is 0.714. The van der Waals surface area contributed by atoms with Gasteiger partial charge in [0.05, 0.1) is 6.33 Å². The third kappa shape index (κ3) is 2.02. The summed E-state index contributed by atoms with van der Waals surface area (Å²) in [5, 5.41) is 0. The predicted octanol–water partition coefficient (Wildman–Crippen LogP) is -0.0566. The molecule has 0 spiro atoms. The zero-order chi connectivity index (χ0) is 10.8. The van der Waals surface area contributed by atoms with Crippen LogP contribution in [0.25, 0.3) is 0 Å². The van der Waals surface area contributed by atoms with E-state index in [1.165, 1.54) is 12.4 Å². The first-order valence-corrected chi connectivity index (χ1v) is 5.22. The van der Waals surface area contributed by atoms with E-state index < -0.39 is 0 Å². The molecule has 2 rings (SSSR count). The zero-order valence-corrected chi connectivity index (χ0v) is 8.81. The number of anilines is 1. The molecular weight excluding hydrogens is 192 g/mol. The molecule has 2 heterocycles. The first-order chi connectivity index (χ1) is 7.20. The van der Waals surface area contributed by atoms with Crippen LogP contribution in [0.4, 0.5) is 5.82 Å². The van der Waals surface area contributed by atoms with Gasteiger partial charge in [-0.3, -0.25) is 4.79 Å². The Morgan fingerprint density at radius 2 is 2.53 bits per heavy atom. The third-order valence-electron chi connectivity index (χ3n) is 2.95. The molecule has 82 valence electrons. The second-order valence-electron chi connectivity index (χ2n) is 4.11. The number of aromatic amines is 1. The number of nitrogens with zero attached hydrogens (tertiary/aromatic N) is 2. The first kappa shape index (κ1) is 10.2. The molecule has 1 saturated heterocycles. The van der Waals surface area contributed by atoms with Gasteiger partial charge in [-0.15, -0.1) is 0 Å². The standard InChI is InChI=1S/C10H16N4O/c1-7-2-8(4-11)5-14(7)9-3-10(15)13-6-12-9/h3,6-8H,2,4-5,11H2,1H3,(H,12,13,15). The monoisotopic (exact) mass is 208 g/mol. The molecule has 0 aromatic carbocycles. The maximum atomic E-state index is 11.2. The summed E-state index contributed by atoms with van der Waals surface area (Å²) in [6, 6.07) is 1.95. The summed E-state index contributed by atoms with van der Waals surface area (Å²) in [6.07, 6.45) is 2.52. The number of rotatable bonds is 2. The van der Waals surface area contributed by atoms with Crippen LogP contribution in [0.15, 0.2) is 17.2 Å². The normalized spacial score (nSPS) is 25.9. The van der Waals surface area contributed by atoms with Crippen LogP contribution in [-0.2, 0) is 0 Å². The van der Waals surface area contributed by atoms with E-state index in [1.807, 2.05) is 0 Å². The van der Waals surface area contributed by atoms with Crippen molar-refractivity contribution in [2.24, 2.45) is 11.7 Å². The largest absolute Gasteiger partial charge is 0.353 e. The lowest BCUT2D eigenvalue weighted by Crippen LogP contribution is -2.29. The van der Waals surface area contributed by atoms with E-state index in [0.29, 0.717) is 18.5 Å². The second-order valence-corrected chi connectivity index (χ2v) is 4.11. The molecule has 0 bridgehead atoms. The van der Waals surface area contributed by atoms with Crippen molar-refractivity contribution < 1.29 is 0 Å². The van der Waals surface area contributed by atoms with Crippen molar-refractivity contribution in [1.29, 1.82) is 0 Å². The second kappa shape index (κ2) is 4.02. The molecule has 0 amide bonds. The minimum atomic E-state index is -0.108. The van der Waals surface area contributed by atoms with Gasteiger partial charge in [0.25, 0.3) is 5.56 Å². The molecule has 2 atom stereocenters. The van der Waals surface area contributed by atoms with E-state index in [1.54, 1.807) is 0 Å². The number of aromatic nitrogens is 2. The minimum absolute atomic E-state index is 0.108. The summed E-state index contributed by atoms with van der Waals surface area (Å²) in [5.74, 6) is 1.27. The smallest absolute Gasteiger partial charge is 0.252 e. The van der Waals surface area contributed by atoms with Crippen molar-refractivity contribution in [3.63, 3.8) is 0 Å². The highest BCUT2D eigenvalue weighted by molar-refractivity contribution is 5.39. The fraction of sp³-hybridized carbons (Fsp3) is 0.600. The molecule has 1 aromatic heterocycles. The molecule has 2 unspecified atom stereocenters. The fourth-order valence-electron chi connectivity index (χ4n) is 2.15. The molecule has 5 heteroatoms. The van der Waals surface area contributed by atoms with Gasteiger partial charge in [0, 0.05) is 18.7 Å². The molecule has 0 saturated carbocycles. The first-order valence-electron chi connectivity index (χ1n) is 5.22. The molecule has 1 aliphatic rings. The van der Waals surface area contributed by atoms with Crippen molar-refractivity contribution in [2.75, 3.05) is 18.0 Å². The number of H-pyrrole nitrogens is 1. The number of hydrogen-bond donors (Lipinski definition) is 2. The molecule has 0 radical (unpaired) electrons. The molecule has 15 heavy (non-hydrogen) atoms. The van der Waals surface area contributed by atoms with Crippen LogP contribution in [0.3, 0.4) is 0 Å². The van der Waals surface area contributed by atoms with Crippen LogP contribution in [0.5, 0.6) is 0 Å². The molecule has 3 N–H and O–H groups in total. The topological polar surface area (TPSA) is 75.0 Å². The molecule has 1 aromatic rings. The Morgan fingerprint density at radius 3 is 3.13 bits per heavy atom. The molecule has 0 aliphatic carbocycles. The average molecular weight is 208 g/mol. The maximum Gasteiger partial charge on any atom is 0.252 e. The van der Waals surface area contributed by atoms with Crippen LogP contribution in [0.1, 0.15) is 13.3 Å². The summed E-state index contributed by atoms with van der Waals surface area (Å²) in [6.45, 7) is 3.73. The highest BCUT2D eigenvalue weighted by atomic mass is 16.1. The van der Waals surface area contributed by atoms with Crippen LogP contribution in [0, 0.1) is 5.92 Å². The van der Waals surface area contributed by atoms with Crippen molar-refractivity contribution >= 4 is 5.82 Å². The Balaban J connectivity index is 2.21. The fourth-order valence-corrected chi connectivity index (χ4v) is 2.15. The lowest BCUT2D eigenvalue weighted by atomic mass is 10.1. The van der Waals surface area contributed by atoms with Gasteiger partial charge < -0.3 is 15.6 Å². The van der Waals surface area contributed by atoms with E-state index in [9.17, 15) is 4.79 Å². The zero-order valence-electron chi connectivity index (χ0n) is 8.81. The van der Waals surface area contributed by atoms with Crippen molar-refractivity contribution in [3.05, 3.63) is 22.7 Å². The van der Waals surface area contributed by atoms with Gasteiger partial charge >= 0.3 is 0 Å². The van der Waals surface area contributed by atoms with E-state index in [0.717, 1.165) is 18.8 Å². The van der Waals surface area contributed by atoms with Gasteiger partial charge in [0.2, 0.25) is 0 Å². The summed E-state index contributed by atoms with van der Waals surface area (Å²) < 4.78 is 0. The third-order valence-corrected chi connectivity index (χ3v) is 2.95. The van der Waals surface area contributed by atoms with E-state index in [-0.39, 0.29) is 5.56 Å². The highest BCUT2D eigenvalue weighted by Crippen LogP contribution is 2.25. The van der Waals surface area contributed by atoms with Crippen molar-refractivity contribution in [2.45, 2.75) is 19.4 Å². The summed E-state index contributed by atoms with van der Waals surface area (Å²) in [4.78, 5) is 20.0. The van der Waals surface area contributed by atoms with Gasteiger partial charge in [-0.05, 0) is 25.8 Å². The average Bonchev–Trinajstić information content (AvgIpc) is 2.60. The Morgan fingerprint density at radius 1 is 1.73 bits per heavy atom. The van der Waals surface area contributed by atoms with Crippen LogP contribution in [-0.4, -0.2) is 29.1 Å². The molecule has 1 aliphatic heterocycles. The summed E-state index contributed by atoms with van der Waals surface area (Å²) in [7, 11) is 0. The van der Waals surface area contributed by atoms with E-state index in [2.05, 4.69) is 21.8 Å². The molecular formula is C10H16N4O. The Labute approximate surface area is 88.3 Å². The molecule has 1 fully saturated rings. The SMILES string of the molecule is CC1CC(CN)CN1c1cc(=O)[nH]cn1. The lowest BCUT2D eigenvalue weighted by Gasteiger charge is -2.21. The number of hydrogen-bond acceptors (Lipinski definition) is 4. The molecule has 5 nitrogen and oxygen atoms in total. The van der Waals surface area contributed by atoms with Gasteiger partial charge in [0.15, 0.2) is 0 Å². The maximum absolute atomic E-state index is 11.2. The highest BCUT2D eigenvalue weighted by Gasteiger charge is 2.28. The van der Waals surface area contributed by atoms with Crippen molar-refractivity contribution in [3.8, 4) is 0 Å². The van der Waals surface area contributed by atoms with Gasteiger partial charge in [-0.2, -0.15) is 0 Å². The Hall–Kier alpha value is -1.36. The number of nitrogens with two attached hydrogens (primary N) is 1. The van der Waals surface area contributed by atoms with Crippen molar-refractivity contribution in [1.82, 2.24) is 9.97 Å². The van der Waals surface area contributed by atoms with E-state index in [4.69, 9.17) is 5.73 Å². The van der Waals surface area contributed by atoms with Crippen LogP contribution >= 0.6 is 0 Å². The van der Waals surface area contributed by atoms with Crippen LogP contribution < -0.4 is 16.2 Å². The summed E-state index contributed by atoms with van der Waals surface area (Å²) in [5.41, 5.74) is 5.54. The van der Waals surface area contributed by atoms with Gasteiger partial charge in [0.1, 0.15) is 5.82 Å². The lowest BCUT2D eigenvalue weighted by molar-refractivity contribution is 0.579. The van der Waals surface area contributed by atoms with E-state index >= 15 is 0 Å². The van der Waals surface area contributed by atoms with Gasteiger partial charge in [-0.25, -0.2) is 4.98 Å². The minimum Gasteiger partial charge on any atom is -0.353 e. The predicted molar refractivity (Wildman–Crippen MR) is 58.8 cm³/mol.